The molecule has 1 atom stereocenters. The summed E-state index contributed by atoms with van der Waals surface area (Å²) in [6, 6.07) is 0. The molecule has 0 amide bonds. The Hall–Kier alpha value is -0.420. The van der Waals surface area contributed by atoms with Gasteiger partial charge in [0.1, 0.15) is 0 Å². The largest absolute Gasteiger partial charge is 0.265 e. The van der Waals surface area contributed by atoms with Crippen LogP contribution >= 0.6 is 9.24 Å². The average molecular weight is 169 g/mol. The lowest BCUT2D eigenvalue weighted by Crippen LogP contribution is -1.85. The number of allylic oxidation sites excluding steroid dienone is 2. The molecule has 0 aliphatic heterocycles. The molecule has 0 saturated heterocycles. The summed E-state index contributed by atoms with van der Waals surface area (Å²) in [6.07, 6.45) is 6.39. The summed E-state index contributed by atoms with van der Waals surface area (Å²) < 4.78 is 0. The Labute approximate surface area is 71.5 Å². The number of hydrogen-bond donors (Lipinski definition) is 0. The van der Waals surface area contributed by atoms with Gasteiger partial charge in [0.25, 0.3) is 0 Å². The highest BCUT2D eigenvalue weighted by Crippen LogP contribution is 2.15. The van der Waals surface area contributed by atoms with Crippen molar-refractivity contribution < 1.29 is 0 Å². The Morgan fingerprint density at radius 3 is 2.73 bits per heavy atom. The van der Waals surface area contributed by atoms with E-state index in [-0.39, 0.29) is 0 Å². The zero-order chi connectivity index (χ0) is 8.69. The highest BCUT2D eigenvalue weighted by molar-refractivity contribution is 7.22. The highest BCUT2D eigenvalue weighted by atomic mass is 31.0. The topological polar surface area (TPSA) is 12.4 Å². The molecule has 0 bridgehead atoms. The van der Waals surface area contributed by atoms with E-state index in [0.717, 1.165) is 6.42 Å². The molecule has 0 aliphatic rings. The van der Waals surface area contributed by atoms with Gasteiger partial charge in [-0.2, -0.15) is 0 Å². The number of hydrogen-bond acceptors (Lipinski definition) is 1. The second-order valence-electron chi connectivity index (χ2n) is 2.82. The third-order valence-electron chi connectivity index (χ3n) is 1.12. The van der Waals surface area contributed by atoms with E-state index >= 15 is 0 Å². The Kier molecular flexibility index (Phi) is 6.06. The molecule has 11 heavy (non-hydrogen) atoms. The van der Waals surface area contributed by atoms with E-state index in [4.69, 9.17) is 0 Å². The Morgan fingerprint density at radius 1 is 1.64 bits per heavy atom. The van der Waals surface area contributed by atoms with E-state index in [9.17, 15) is 0 Å². The van der Waals surface area contributed by atoms with Crippen LogP contribution in [-0.2, 0) is 0 Å². The number of aliphatic imine (C=N–C) groups is 1. The molecule has 2 heteroatoms. The maximum absolute atomic E-state index is 3.87. The van der Waals surface area contributed by atoms with Crippen LogP contribution in [0.4, 0.5) is 0 Å². The molecule has 62 valence electrons. The molecular formula is C9H16NP. The summed E-state index contributed by atoms with van der Waals surface area (Å²) in [5.74, 6) is 0.705. The Balaban J connectivity index is 3.80. The average Bonchev–Trinajstić information content (AvgIpc) is 1.86. The minimum atomic E-state index is 0.705. The predicted octanol–water partition coefficient (Wildman–Crippen LogP) is 3.01. The van der Waals surface area contributed by atoms with Crippen LogP contribution in [0.15, 0.2) is 29.2 Å². The first-order valence-corrected chi connectivity index (χ1v) is 4.33. The van der Waals surface area contributed by atoms with Gasteiger partial charge in [0.05, 0.1) is 0 Å². The molecule has 0 fully saturated rings. The van der Waals surface area contributed by atoms with Crippen LogP contribution in [-0.4, -0.2) is 6.21 Å². The van der Waals surface area contributed by atoms with Crippen LogP contribution < -0.4 is 0 Å². The van der Waals surface area contributed by atoms with Crippen molar-refractivity contribution in [3.63, 3.8) is 0 Å². The lowest BCUT2D eigenvalue weighted by molar-refractivity contribution is 0.659. The molecule has 0 radical (unpaired) electrons. The van der Waals surface area contributed by atoms with Gasteiger partial charge in [0, 0.05) is 12.4 Å². The lowest BCUT2D eigenvalue weighted by atomic mass is 10.1. The van der Waals surface area contributed by atoms with Gasteiger partial charge in [-0.25, -0.2) is 0 Å². The molecule has 0 aromatic heterocycles. The normalized spacial score (nSPS) is 12.9. The second-order valence-corrected chi connectivity index (χ2v) is 3.56. The van der Waals surface area contributed by atoms with Crippen molar-refractivity contribution in [3.8, 4) is 0 Å². The van der Waals surface area contributed by atoms with Crippen molar-refractivity contribution in [2.45, 2.75) is 20.3 Å². The van der Waals surface area contributed by atoms with E-state index in [1.807, 2.05) is 6.08 Å². The highest BCUT2D eigenvalue weighted by Gasteiger charge is 1.93. The standard InChI is InChI=1S/C9H16NP/c1-4-10-6-5-9(11)7-8(2)3/h4-6,8H,1,7,11H2,2-3H3/b9-5+,10-6?. The SMILES string of the molecule is C=CN=C/C=C(/P)CC(C)C. The lowest BCUT2D eigenvalue weighted by Gasteiger charge is -2.01. The summed E-state index contributed by atoms with van der Waals surface area (Å²) >= 11 is 0. The molecule has 0 saturated carbocycles. The predicted molar refractivity (Wildman–Crippen MR) is 55.9 cm³/mol. The van der Waals surface area contributed by atoms with Crippen molar-refractivity contribution in [3.05, 3.63) is 24.2 Å². The molecule has 0 aromatic carbocycles. The van der Waals surface area contributed by atoms with E-state index in [2.05, 4.69) is 34.7 Å². The van der Waals surface area contributed by atoms with E-state index in [1.165, 1.54) is 11.5 Å². The second kappa shape index (κ2) is 6.30. The Morgan fingerprint density at radius 2 is 2.27 bits per heavy atom. The molecular weight excluding hydrogens is 153 g/mol. The van der Waals surface area contributed by atoms with Gasteiger partial charge < -0.3 is 0 Å². The maximum Gasteiger partial charge on any atom is 0.0270 e. The van der Waals surface area contributed by atoms with Crippen molar-refractivity contribution in [2.24, 2.45) is 10.9 Å². The number of nitrogens with zero attached hydrogens (tertiary/aromatic N) is 1. The summed E-state index contributed by atoms with van der Waals surface area (Å²) in [6.45, 7) is 7.88. The van der Waals surface area contributed by atoms with Gasteiger partial charge in [0.15, 0.2) is 0 Å². The fraction of sp³-hybridized carbons (Fsp3) is 0.444. The van der Waals surface area contributed by atoms with Crippen LogP contribution in [0, 0.1) is 5.92 Å². The van der Waals surface area contributed by atoms with Gasteiger partial charge in [0.2, 0.25) is 0 Å². The van der Waals surface area contributed by atoms with Crippen molar-refractivity contribution in [1.29, 1.82) is 0 Å². The van der Waals surface area contributed by atoms with Crippen LogP contribution in [0.5, 0.6) is 0 Å². The number of rotatable bonds is 4. The van der Waals surface area contributed by atoms with Crippen molar-refractivity contribution in [2.75, 3.05) is 0 Å². The van der Waals surface area contributed by atoms with Crippen LogP contribution in [0.1, 0.15) is 20.3 Å². The first-order valence-electron chi connectivity index (χ1n) is 3.75. The molecule has 1 nitrogen and oxygen atoms in total. The third kappa shape index (κ3) is 7.48. The summed E-state index contributed by atoms with van der Waals surface area (Å²) in [7, 11) is 2.71. The molecule has 0 heterocycles. The monoisotopic (exact) mass is 169 g/mol. The maximum atomic E-state index is 3.87. The molecule has 0 spiro atoms. The van der Waals surface area contributed by atoms with Gasteiger partial charge in [-0.3, -0.25) is 4.99 Å². The van der Waals surface area contributed by atoms with E-state index < -0.39 is 0 Å². The smallest absolute Gasteiger partial charge is 0.0270 e. The molecule has 1 unspecified atom stereocenters. The first-order chi connectivity index (χ1) is 5.16. The summed E-state index contributed by atoms with van der Waals surface area (Å²) in [5, 5.41) is 1.28. The molecule has 0 aromatic rings. The summed E-state index contributed by atoms with van der Waals surface area (Å²) in [5.41, 5.74) is 0. The van der Waals surface area contributed by atoms with Gasteiger partial charge >= 0.3 is 0 Å². The zero-order valence-corrected chi connectivity index (χ0v) is 8.40. The fourth-order valence-electron chi connectivity index (χ4n) is 0.739. The van der Waals surface area contributed by atoms with Gasteiger partial charge in [-0.05, 0) is 18.4 Å². The fourth-order valence-corrected chi connectivity index (χ4v) is 1.30. The van der Waals surface area contributed by atoms with Crippen LogP contribution in [0.3, 0.4) is 0 Å². The molecule has 0 aliphatic carbocycles. The van der Waals surface area contributed by atoms with Gasteiger partial charge in [-0.1, -0.05) is 25.7 Å². The van der Waals surface area contributed by atoms with Gasteiger partial charge in [-0.15, -0.1) is 9.24 Å². The van der Waals surface area contributed by atoms with Crippen molar-refractivity contribution >= 4 is 15.5 Å². The van der Waals surface area contributed by atoms with Crippen molar-refractivity contribution in [1.82, 2.24) is 0 Å². The van der Waals surface area contributed by atoms with Crippen LogP contribution in [0.2, 0.25) is 0 Å². The minimum absolute atomic E-state index is 0.705. The first kappa shape index (κ1) is 10.6. The van der Waals surface area contributed by atoms with E-state index in [1.54, 1.807) is 6.21 Å². The van der Waals surface area contributed by atoms with Crippen LogP contribution in [0.25, 0.3) is 0 Å². The zero-order valence-electron chi connectivity index (χ0n) is 7.25. The third-order valence-corrected chi connectivity index (χ3v) is 1.55. The molecule has 0 rings (SSSR count). The Bertz CT molecular complexity index is 168. The quantitative estimate of drug-likeness (QED) is 0.453. The summed E-state index contributed by atoms with van der Waals surface area (Å²) in [4.78, 5) is 3.87. The van der Waals surface area contributed by atoms with E-state index in [0.29, 0.717) is 5.92 Å². The minimum Gasteiger partial charge on any atom is -0.265 e. The molecule has 0 N–H and O–H groups in total.